The summed E-state index contributed by atoms with van der Waals surface area (Å²) >= 11 is 3.47. The summed E-state index contributed by atoms with van der Waals surface area (Å²) in [6.07, 6.45) is 0. The Balaban J connectivity index is 2.42. The van der Waals surface area contributed by atoms with E-state index in [4.69, 9.17) is 4.74 Å². The second-order valence-electron chi connectivity index (χ2n) is 4.28. The standard InChI is InChI=1S/C16H18BrNO/c1-3-18-16(12-8-10-13(17)11-9-12)14-6-4-5-7-15(14)19-2/h4-11,16,18H,3H2,1-2H3. The van der Waals surface area contributed by atoms with Gasteiger partial charge in [0, 0.05) is 10.0 Å². The lowest BCUT2D eigenvalue weighted by Gasteiger charge is -2.21. The van der Waals surface area contributed by atoms with Gasteiger partial charge in [-0.2, -0.15) is 0 Å². The highest BCUT2D eigenvalue weighted by Gasteiger charge is 2.16. The van der Waals surface area contributed by atoms with Gasteiger partial charge >= 0.3 is 0 Å². The van der Waals surface area contributed by atoms with E-state index in [1.165, 1.54) is 5.56 Å². The highest BCUT2D eigenvalue weighted by Crippen LogP contribution is 2.30. The van der Waals surface area contributed by atoms with Crippen LogP contribution in [0.15, 0.2) is 53.0 Å². The molecule has 0 aliphatic rings. The summed E-state index contributed by atoms with van der Waals surface area (Å²) in [6.45, 7) is 3.01. The van der Waals surface area contributed by atoms with E-state index in [-0.39, 0.29) is 6.04 Å². The minimum atomic E-state index is 0.147. The fraction of sp³-hybridized carbons (Fsp3) is 0.250. The van der Waals surface area contributed by atoms with Crippen LogP contribution in [-0.2, 0) is 0 Å². The second kappa shape index (κ2) is 6.73. The molecule has 2 aromatic rings. The summed E-state index contributed by atoms with van der Waals surface area (Å²) in [4.78, 5) is 0. The van der Waals surface area contributed by atoms with Crippen molar-refractivity contribution >= 4 is 15.9 Å². The Morgan fingerprint density at radius 2 is 1.79 bits per heavy atom. The predicted molar refractivity (Wildman–Crippen MR) is 82.7 cm³/mol. The monoisotopic (exact) mass is 319 g/mol. The molecule has 0 heterocycles. The van der Waals surface area contributed by atoms with Crippen molar-refractivity contribution in [2.75, 3.05) is 13.7 Å². The van der Waals surface area contributed by atoms with Crippen LogP contribution in [0.5, 0.6) is 5.75 Å². The van der Waals surface area contributed by atoms with Crippen molar-refractivity contribution in [1.82, 2.24) is 5.32 Å². The van der Waals surface area contributed by atoms with Crippen LogP contribution in [0.25, 0.3) is 0 Å². The Kier molecular flexibility index (Phi) is 5.00. The van der Waals surface area contributed by atoms with Gasteiger partial charge in [-0.05, 0) is 30.3 Å². The van der Waals surface area contributed by atoms with Crippen molar-refractivity contribution in [3.05, 3.63) is 64.1 Å². The number of methoxy groups -OCH3 is 1. The zero-order valence-corrected chi connectivity index (χ0v) is 12.8. The van der Waals surface area contributed by atoms with Crippen LogP contribution >= 0.6 is 15.9 Å². The first-order chi connectivity index (χ1) is 9.26. The topological polar surface area (TPSA) is 21.3 Å². The van der Waals surface area contributed by atoms with Gasteiger partial charge < -0.3 is 10.1 Å². The maximum absolute atomic E-state index is 5.47. The zero-order valence-electron chi connectivity index (χ0n) is 11.2. The molecule has 0 spiro atoms. The third kappa shape index (κ3) is 3.37. The van der Waals surface area contributed by atoms with Crippen molar-refractivity contribution in [3.63, 3.8) is 0 Å². The number of nitrogens with one attached hydrogen (secondary N) is 1. The van der Waals surface area contributed by atoms with E-state index in [0.717, 1.165) is 22.3 Å². The molecule has 2 rings (SSSR count). The van der Waals surface area contributed by atoms with Gasteiger partial charge in [0.05, 0.1) is 13.2 Å². The molecule has 0 saturated carbocycles. The normalized spacial score (nSPS) is 12.2. The molecule has 0 radical (unpaired) electrons. The number of benzene rings is 2. The molecule has 1 unspecified atom stereocenters. The number of hydrogen-bond acceptors (Lipinski definition) is 2. The average Bonchev–Trinajstić information content (AvgIpc) is 2.46. The fourth-order valence-corrected chi connectivity index (χ4v) is 2.44. The SMILES string of the molecule is CCNC(c1ccc(Br)cc1)c1ccccc1OC. The van der Waals surface area contributed by atoms with Crippen molar-refractivity contribution in [1.29, 1.82) is 0 Å². The van der Waals surface area contributed by atoms with Crippen LogP contribution in [0.3, 0.4) is 0 Å². The molecule has 3 heteroatoms. The number of para-hydroxylation sites is 1. The molecule has 100 valence electrons. The van der Waals surface area contributed by atoms with Crippen molar-refractivity contribution in [3.8, 4) is 5.75 Å². The number of halogens is 1. The first kappa shape index (κ1) is 14.1. The van der Waals surface area contributed by atoms with Gasteiger partial charge in [0.1, 0.15) is 5.75 Å². The van der Waals surface area contributed by atoms with E-state index >= 15 is 0 Å². The van der Waals surface area contributed by atoms with Gasteiger partial charge in [0.25, 0.3) is 0 Å². The molecule has 0 fully saturated rings. The van der Waals surface area contributed by atoms with Crippen molar-refractivity contribution in [2.45, 2.75) is 13.0 Å². The highest BCUT2D eigenvalue weighted by atomic mass is 79.9. The van der Waals surface area contributed by atoms with Crippen LogP contribution < -0.4 is 10.1 Å². The quantitative estimate of drug-likeness (QED) is 0.893. The molecule has 1 N–H and O–H groups in total. The number of rotatable bonds is 5. The minimum absolute atomic E-state index is 0.147. The predicted octanol–water partition coefficient (Wildman–Crippen LogP) is 4.16. The van der Waals surface area contributed by atoms with E-state index in [2.05, 4.69) is 58.5 Å². The van der Waals surface area contributed by atoms with Gasteiger partial charge in [0.15, 0.2) is 0 Å². The van der Waals surface area contributed by atoms with E-state index in [1.54, 1.807) is 7.11 Å². The summed E-state index contributed by atoms with van der Waals surface area (Å²) < 4.78 is 6.56. The molecule has 19 heavy (non-hydrogen) atoms. The lowest BCUT2D eigenvalue weighted by molar-refractivity contribution is 0.404. The molecular formula is C16H18BrNO. The molecule has 1 atom stereocenters. The third-order valence-electron chi connectivity index (χ3n) is 3.06. The maximum atomic E-state index is 5.47. The zero-order chi connectivity index (χ0) is 13.7. The van der Waals surface area contributed by atoms with Crippen LogP contribution in [0.4, 0.5) is 0 Å². The van der Waals surface area contributed by atoms with E-state index in [0.29, 0.717) is 0 Å². The summed E-state index contributed by atoms with van der Waals surface area (Å²) in [5.74, 6) is 0.913. The highest BCUT2D eigenvalue weighted by molar-refractivity contribution is 9.10. The largest absolute Gasteiger partial charge is 0.496 e. The summed E-state index contributed by atoms with van der Waals surface area (Å²) in [6, 6.07) is 16.7. The van der Waals surface area contributed by atoms with E-state index in [1.807, 2.05) is 18.2 Å². The Morgan fingerprint density at radius 3 is 2.42 bits per heavy atom. The molecule has 0 aromatic heterocycles. The molecule has 0 aliphatic carbocycles. The lowest BCUT2D eigenvalue weighted by atomic mass is 9.98. The van der Waals surface area contributed by atoms with E-state index in [9.17, 15) is 0 Å². The number of hydrogen-bond donors (Lipinski definition) is 1. The third-order valence-corrected chi connectivity index (χ3v) is 3.59. The van der Waals surface area contributed by atoms with Crippen LogP contribution in [0, 0.1) is 0 Å². The number of ether oxygens (including phenoxy) is 1. The fourth-order valence-electron chi connectivity index (χ4n) is 2.17. The smallest absolute Gasteiger partial charge is 0.123 e. The minimum Gasteiger partial charge on any atom is -0.496 e. The molecule has 0 amide bonds. The van der Waals surface area contributed by atoms with Crippen molar-refractivity contribution < 1.29 is 4.74 Å². The molecule has 0 aliphatic heterocycles. The Labute approximate surface area is 122 Å². The maximum Gasteiger partial charge on any atom is 0.123 e. The van der Waals surface area contributed by atoms with Gasteiger partial charge in [-0.25, -0.2) is 0 Å². The molecular weight excluding hydrogens is 302 g/mol. The van der Waals surface area contributed by atoms with Crippen molar-refractivity contribution in [2.24, 2.45) is 0 Å². The lowest BCUT2D eigenvalue weighted by Crippen LogP contribution is -2.22. The second-order valence-corrected chi connectivity index (χ2v) is 5.20. The average molecular weight is 320 g/mol. The summed E-state index contributed by atoms with van der Waals surface area (Å²) in [5, 5.41) is 3.51. The summed E-state index contributed by atoms with van der Waals surface area (Å²) in [5.41, 5.74) is 2.39. The Hall–Kier alpha value is -1.32. The molecule has 0 bridgehead atoms. The van der Waals surface area contributed by atoms with Crippen LogP contribution in [-0.4, -0.2) is 13.7 Å². The molecule has 2 nitrogen and oxygen atoms in total. The summed E-state index contributed by atoms with van der Waals surface area (Å²) in [7, 11) is 1.71. The molecule has 2 aromatic carbocycles. The van der Waals surface area contributed by atoms with Gasteiger partial charge in [-0.1, -0.05) is 53.2 Å². The first-order valence-corrected chi connectivity index (χ1v) is 7.17. The van der Waals surface area contributed by atoms with Gasteiger partial charge in [0.2, 0.25) is 0 Å². The van der Waals surface area contributed by atoms with Crippen LogP contribution in [0.2, 0.25) is 0 Å². The van der Waals surface area contributed by atoms with Gasteiger partial charge in [-0.15, -0.1) is 0 Å². The molecule has 0 saturated heterocycles. The van der Waals surface area contributed by atoms with E-state index < -0.39 is 0 Å². The Morgan fingerprint density at radius 1 is 1.11 bits per heavy atom. The van der Waals surface area contributed by atoms with Crippen LogP contribution in [0.1, 0.15) is 24.1 Å². The first-order valence-electron chi connectivity index (χ1n) is 6.38. The Bertz CT molecular complexity index is 525. The van der Waals surface area contributed by atoms with Gasteiger partial charge in [-0.3, -0.25) is 0 Å².